The van der Waals surface area contributed by atoms with Gasteiger partial charge in [0.05, 0.1) is 6.04 Å². The van der Waals surface area contributed by atoms with Crippen LogP contribution >= 0.6 is 0 Å². The summed E-state index contributed by atoms with van der Waals surface area (Å²) in [7, 11) is 0. The molecule has 0 spiro atoms. The van der Waals surface area contributed by atoms with Crippen LogP contribution in [0.4, 0.5) is 5.82 Å². The summed E-state index contributed by atoms with van der Waals surface area (Å²) >= 11 is 0. The number of carbonyl (C=O) groups is 1. The van der Waals surface area contributed by atoms with Gasteiger partial charge in [-0.3, -0.25) is 4.79 Å². The molecule has 1 unspecified atom stereocenters. The Hall–Kier alpha value is -2.36. The zero-order valence-electron chi connectivity index (χ0n) is 12.1. The lowest BCUT2D eigenvalue weighted by Gasteiger charge is -2.25. The van der Waals surface area contributed by atoms with Crippen molar-refractivity contribution in [3.05, 3.63) is 59.3 Å². The number of pyridine rings is 1. The number of anilines is 1. The molecule has 1 saturated heterocycles. The van der Waals surface area contributed by atoms with Crippen LogP contribution in [0, 0.1) is 6.92 Å². The van der Waals surface area contributed by atoms with Gasteiger partial charge in [0, 0.05) is 18.3 Å². The first-order chi connectivity index (χ1) is 10.2. The molecule has 1 aliphatic rings. The van der Waals surface area contributed by atoms with Gasteiger partial charge in [-0.05, 0) is 49.1 Å². The van der Waals surface area contributed by atoms with E-state index in [1.807, 2.05) is 48.2 Å². The van der Waals surface area contributed by atoms with Crippen LogP contribution in [0.5, 0.6) is 0 Å². The van der Waals surface area contributed by atoms with E-state index in [1.165, 1.54) is 0 Å². The van der Waals surface area contributed by atoms with Crippen LogP contribution in [-0.4, -0.2) is 22.3 Å². The summed E-state index contributed by atoms with van der Waals surface area (Å²) in [6, 6.07) is 11.6. The van der Waals surface area contributed by atoms with Gasteiger partial charge in [0.25, 0.3) is 5.91 Å². The number of rotatable bonds is 2. The molecule has 2 N–H and O–H groups in total. The number of carbonyl (C=O) groups excluding carboxylic acids is 1. The Morgan fingerprint density at radius 2 is 2.10 bits per heavy atom. The summed E-state index contributed by atoms with van der Waals surface area (Å²) < 4.78 is 0. The normalized spacial score (nSPS) is 18.0. The molecule has 3 rings (SSSR count). The Morgan fingerprint density at radius 1 is 1.33 bits per heavy atom. The average Bonchev–Trinajstić information content (AvgIpc) is 2.99. The van der Waals surface area contributed by atoms with Gasteiger partial charge in [-0.25, -0.2) is 4.98 Å². The van der Waals surface area contributed by atoms with Gasteiger partial charge in [-0.15, -0.1) is 0 Å². The number of aromatic nitrogens is 1. The molecule has 1 atom stereocenters. The van der Waals surface area contributed by atoms with Crippen LogP contribution in [0.1, 0.15) is 40.4 Å². The largest absolute Gasteiger partial charge is 0.383 e. The molecule has 1 aliphatic heterocycles. The van der Waals surface area contributed by atoms with E-state index in [4.69, 9.17) is 5.73 Å². The molecule has 21 heavy (non-hydrogen) atoms. The van der Waals surface area contributed by atoms with Gasteiger partial charge < -0.3 is 10.6 Å². The third-order valence-electron chi connectivity index (χ3n) is 4.06. The molecule has 4 heteroatoms. The minimum Gasteiger partial charge on any atom is -0.383 e. The Bertz CT molecular complexity index is 654. The molecule has 108 valence electrons. The van der Waals surface area contributed by atoms with E-state index in [-0.39, 0.29) is 11.9 Å². The predicted molar refractivity (Wildman–Crippen MR) is 82.8 cm³/mol. The maximum atomic E-state index is 12.7. The molecule has 2 aromatic rings. The van der Waals surface area contributed by atoms with E-state index in [0.717, 1.165) is 36.1 Å². The highest BCUT2D eigenvalue weighted by molar-refractivity contribution is 5.94. The Morgan fingerprint density at radius 3 is 2.81 bits per heavy atom. The standard InChI is InChI=1S/C17H19N3O/c1-12-10-14(11-19-16(12)18)15-8-5-9-20(15)17(21)13-6-3-2-4-7-13/h2-4,6-7,10-11,15H,5,8-9H2,1H3,(H2,18,19). The van der Waals surface area contributed by atoms with Crippen molar-refractivity contribution in [3.63, 3.8) is 0 Å². The van der Waals surface area contributed by atoms with Crippen molar-refractivity contribution in [1.82, 2.24) is 9.88 Å². The SMILES string of the molecule is Cc1cc(C2CCCN2C(=O)c2ccccc2)cnc1N. The quantitative estimate of drug-likeness (QED) is 0.920. The third-order valence-corrected chi connectivity index (χ3v) is 4.06. The molecule has 1 aromatic carbocycles. The summed E-state index contributed by atoms with van der Waals surface area (Å²) in [6.45, 7) is 2.74. The number of nitrogens with two attached hydrogens (primary N) is 1. The first-order valence-corrected chi connectivity index (χ1v) is 7.25. The van der Waals surface area contributed by atoms with Crippen molar-refractivity contribution in [2.24, 2.45) is 0 Å². The lowest BCUT2D eigenvalue weighted by atomic mass is 10.0. The highest BCUT2D eigenvalue weighted by atomic mass is 16.2. The van der Waals surface area contributed by atoms with Gasteiger partial charge in [0.2, 0.25) is 0 Å². The van der Waals surface area contributed by atoms with Crippen LogP contribution in [0.15, 0.2) is 42.6 Å². The van der Waals surface area contributed by atoms with Crippen molar-refractivity contribution in [2.75, 3.05) is 12.3 Å². The summed E-state index contributed by atoms with van der Waals surface area (Å²) in [4.78, 5) is 18.8. The van der Waals surface area contributed by atoms with Crippen molar-refractivity contribution in [3.8, 4) is 0 Å². The van der Waals surface area contributed by atoms with Crippen LogP contribution < -0.4 is 5.73 Å². The first kappa shape index (κ1) is 13.6. The minimum absolute atomic E-state index is 0.0904. The number of nitrogens with zero attached hydrogens (tertiary/aromatic N) is 2. The zero-order chi connectivity index (χ0) is 14.8. The third kappa shape index (κ3) is 2.61. The molecule has 0 saturated carbocycles. The van der Waals surface area contributed by atoms with E-state index in [0.29, 0.717) is 5.82 Å². The molecule has 1 fully saturated rings. The topological polar surface area (TPSA) is 59.2 Å². The monoisotopic (exact) mass is 281 g/mol. The zero-order valence-corrected chi connectivity index (χ0v) is 12.1. The number of likely N-dealkylation sites (tertiary alicyclic amines) is 1. The van der Waals surface area contributed by atoms with Crippen LogP contribution in [-0.2, 0) is 0 Å². The fourth-order valence-corrected chi connectivity index (χ4v) is 2.89. The minimum atomic E-state index is 0.0904. The second kappa shape index (κ2) is 5.56. The van der Waals surface area contributed by atoms with Gasteiger partial charge in [0.1, 0.15) is 5.82 Å². The smallest absolute Gasteiger partial charge is 0.254 e. The van der Waals surface area contributed by atoms with Crippen molar-refractivity contribution < 1.29 is 4.79 Å². The molecule has 1 amide bonds. The summed E-state index contributed by atoms with van der Waals surface area (Å²) in [5, 5.41) is 0. The number of hydrogen-bond donors (Lipinski definition) is 1. The molecule has 1 aromatic heterocycles. The van der Waals surface area contributed by atoms with Gasteiger partial charge >= 0.3 is 0 Å². The molecule has 0 bridgehead atoms. The number of hydrogen-bond acceptors (Lipinski definition) is 3. The van der Waals surface area contributed by atoms with Crippen LogP contribution in [0.3, 0.4) is 0 Å². The second-order valence-corrected chi connectivity index (χ2v) is 5.49. The fraction of sp³-hybridized carbons (Fsp3) is 0.294. The molecule has 0 aliphatic carbocycles. The summed E-state index contributed by atoms with van der Waals surface area (Å²) in [5.41, 5.74) is 8.56. The first-order valence-electron chi connectivity index (χ1n) is 7.25. The number of nitrogen functional groups attached to an aromatic ring is 1. The Labute approximate surface area is 124 Å². The van der Waals surface area contributed by atoms with Crippen LogP contribution in [0.25, 0.3) is 0 Å². The molecule has 4 nitrogen and oxygen atoms in total. The summed E-state index contributed by atoms with van der Waals surface area (Å²) in [6.07, 6.45) is 3.79. The number of amides is 1. The number of benzene rings is 1. The fourth-order valence-electron chi connectivity index (χ4n) is 2.89. The van der Waals surface area contributed by atoms with E-state index in [2.05, 4.69) is 4.98 Å². The number of aryl methyl sites for hydroxylation is 1. The van der Waals surface area contributed by atoms with E-state index in [9.17, 15) is 4.79 Å². The molecular formula is C17H19N3O. The molecular weight excluding hydrogens is 262 g/mol. The van der Waals surface area contributed by atoms with E-state index >= 15 is 0 Å². The predicted octanol–water partition coefficient (Wildman–Crippen LogP) is 2.95. The van der Waals surface area contributed by atoms with Gasteiger partial charge in [-0.2, -0.15) is 0 Å². The second-order valence-electron chi connectivity index (χ2n) is 5.49. The summed E-state index contributed by atoms with van der Waals surface area (Å²) in [5.74, 6) is 0.644. The van der Waals surface area contributed by atoms with Gasteiger partial charge in [-0.1, -0.05) is 18.2 Å². The highest BCUT2D eigenvalue weighted by Crippen LogP contribution is 2.33. The lowest BCUT2D eigenvalue weighted by Crippen LogP contribution is -2.30. The maximum absolute atomic E-state index is 12.7. The molecule has 2 heterocycles. The molecule has 0 radical (unpaired) electrons. The van der Waals surface area contributed by atoms with Crippen LogP contribution in [0.2, 0.25) is 0 Å². The Kier molecular flexibility index (Phi) is 3.60. The van der Waals surface area contributed by atoms with Crippen molar-refractivity contribution in [1.29, 1.82) is 0 Å². The average molecular weight is 281 g/mol. The van der Waals surface area contributed by atoms with Gasteiger partial charge in [0.15, 0.2) is 0 Å². The maximum Gasteiger partial charge on any atom is 0.254 e. The lowest BCUT2D eigenvalue weighted by molar-refractivity contribution is 0.0735. The van der Waals surface area contributed by atoms with Crippen molar-refractivity contribution in [2.45, 2.75) is 25.8 Å². The van der Waals surface area contributed by atoms with E-state index < -0.39 is 0 Å². The van der Waals surface area contributed by atoms with Crippen molar-refractivity contribution >= 4 is 11.7 Å². The highest BCUT2D eigenvalue weighted by Gasteiger charge is 2.30. The van der Waals surface area contributed by atoms with E-state index in [1.54, 1.807) is 6.20 Å². The Balaban J connectivity index is 1.88.